The Morgan fingerprint density at radius 1 is 1.38 bits per heavy atom. The van der Waals surface area contributed by atoms with E-state index < -0.39 is 16.3 Å². The molecule has 0 heterocycles. The minimum absolute atomic E-state index is 0.0666. The van der Waals surface area contributed by atoms with Crippen LogP contribution in [0.1, 0.15) is 5.56 Å². The topological polar surface area (TPSA) is 153 Å². The largest absolute Gasteiger partial charge is 0.394 e. The average molecular weight is 319 g/mol. The van der Waals surface area contributed by atoms with Gasteiger partial charge in [0.1, 0.15) is 0 Å². The van der Waals surface area contributed by atoms with Gasteiger partial charge in [0, 0.05) is 4.91 Å². The average Bonchev–Trinajstić information content (AvgIpc) is 2.39. The van der Waals surface area contributed by atoms with Gasteiger partial charge < -0.3 is 14.9 Å². The third-order valence-electron chi connectivity index (χ3n) is 2.01. The van der Waals surface area contributed by atoms with Crippen LogP contribution in [0.4, 0.5) is 0 Å². The molecule has 0 aliphatic heterocycles. The van der Waals surface area contributed by atoms with Crippen LogP contribution in [0, 0.1) is 6.92 Å². The number of azide groups is 1. The van der Waals surface area contributed by atoms with Crippen LogP contribution >= 0.6 is 0 Å². The molecule has 0 amide bonds. The lowest BCUT2D eigenvalue weighted by Crippen LogP contribution is -2.13. The van der Waals surface area contributed by atoms with Gasteiger partial charge >= 0.3 is 0 Å². The molecular formula is C11H17N3O6S. The summed E-state index contributed by atoms with van der Waals surface area (Å²) in [6.45, 7) is 1.79. The summed E-state index contributed by atoms with van der Waals surface area (Å²) >= 11 is 0. The first kappa shape index (κ1) is 19.3. The summed E-state index contributed by atoms with van der Waals surface area (Å²) in [6, 6.07) is 5.99. The number of aliphatic hydroxyl groups is 2. The molecule has 3 N–H and O–H groups in total. The van der Waals surface area contributed by atoms with E-state index in [1.54, 1.807) is 12.1 Å². The number of aliphatic hydroxyl groups excluding tert-OH is 2. The molecule has 1 aromatic rings. The Labute approximate surface area is 122 Å². The standard InChI is InChI=1S/C7H8O3S.C4H9N3O3/c1-6-2-4-7(5-3-6)11(8,9)10;5-7-6-4(9)3-10-2-1-8/h2-5H,1H3,(H,8,9,10);4,8-9H,1-3H2. The van der Waals surface area contributed by atoms with Gasteiger partial charge in [-0.25, -0.2) is 0 Å². The van der Waals surface area contributed by atoms with Crippen molar-refractivity contribution in [1.82, 2.24) is 0 Å². The molecule has 0 aliphatic rings. The van der Waals surface area contributed by atoms with Crippen molar-refractivity contribution >= 4 is 10.1 Å². The quantitative estimate of drug-likeness (QED) is 0.232. The van der Waals surface area contributed by atoms with E-state index in [2.05, 4.69) is 14.8 Å². The number of benzene rings is 1. The van der Waals surface area contributed by atoms with Crippen LogP contribution in [0.15, 0.2) is 34.3 Å². The molecule has 0 radical (unpaired) electrons. The minimum atomic E-state index is -4.02. The van der Waals surface area contributed by atoms with E-state index in [9.17, 15) is 8.42 Å². The normalized spacial score (nSPS) is 11.8. The molecule has 9 nitrogen and oxygen atoms in total. The zero-order valence-electron chi connectivity index (χ0n) is 11.3. The molecule has 118 valence electrons. The Balaban J connectivity index is 0.000000384. The van der Waals surface area contributed by atoms with Gasteiger partial charge in [-0.1, -0.05) is 22.8 Å². The van der Waals surface area contributed by atoms with Gasteiger partial charge in [0.15, 0.2) is 6.23 Å². The molecule has 0 aromatic heterocycles. The number of hydrogen-bond donors (Lipinski definition) is 3. The third-order valence-corrected chi connectivity index (χ3v) is 2.87. The first-order chi connectivity index (χ1) is 9.81. The van der Waals surface area contributed by atoms with Crippen molar-refractivity contribution in [2.45, 2.75) is 18.0 Å². The van der Waals surface area contributed by atoms with Crippen LogP contribution in [0.2, 0.25) is 0 Å². The first-order valence-electron chi connectivity index (χ1n) is 5.76. The molecular weight excluding hydrogens is 302 g/mol. The van der Waals surface area contributed by atoms with Crippen molar-refractivity contribution in [2.24, 2.45) is 5.11 Å². The number of aryl methyl sites for hydroxylation is 1. The van der Waals surface area contributed by atoms with E-state index in [1.165, 1.54) is 12.1 Å². The number of ether oxygens (including phenoxy) is 1. The molecule has 1 unspecified atom stereocenters. The second-order valence-electron chi connectivity index (χ2n) is 3.77. The van der Waals surface area contributed by atoms with Crippen LogP contribution < -0.4 is 0 Å². The molecule has 0 fully saturated rings. The van der Waals surface area contributed by atoms with Crippen molar-refractivity contribution in [2.75, 3.05) is 19.8 Å². The van der Waals surface area contributed by atoms with E-state index in [1.807, 2.05) is 6.92 Å². The molecule has 1 aromatic carbocycles. The second kappa shape index (κ2) is 10.1. The lowest BCUT2D eigenvalue weighted by Gasteiger charge is -2.02. The van der Waals surface area contributed by atoms with E-state index in [0.29, 0.717) is 0 Å². The summed E-state index contributed by atoms with van der Waals surface area (Å²) in [7, 11) is -4.02. The Kier molecular flexibility index (Phi) is 9.30. The van der Waals surface area contributed by atoms with E-state index in [-0.39, 0.29) is 24.7 Å². The zero-order valence-corrected chi connectivity index (χ0v) is 12.1. The highest BCUT2D eigenvalue weighted by Gasteiger charge is 2.06. The molecule has 0 aliphatic carbocycles. The zero-order chi connectivity index (χ0) is 16.3. The van der Waals surface area contributed by atoms with Gasteiger partial charge in [-0.05, 0) is 24.6 Å². The lowest BCUT2D eigenvalue weighted by atomic mass is 10.2. The molecule has 0 saturated heterocycles. The SMILES string of the molecule is Cc1ccc(S(=O)(=O)O)cc1.[N-]=[N+]=NC(O)COCCO. The summed E-state index contributed by atoms with van der Waals surface area (Å²) in [5.74, 6) is 0. The van der Waals surface area contributed by atoms with Crippen LogP contribution in [0.25, 0.3) is 10.4 Å². The maximum absolute atomic E-state index is 10.5. The van der Waals surface area contributed by atoms with Crippen LogP contribution in [0.5, 0.6) is 0 Å². The summed E-state index contributed by atoms with van der Waals surface area (Å²) < 4.78 is 34.2. The fourth-order valence-corrected chi connectivity index (χ4v) is 1.54. The van der Waals surface area contributed by atoms with E-state index >= 15 is 0 Å². The van der Waals surface area contributed by atoms with Crippen LogP contribution in [-0.4, -0.2) is 49.2 Å². The fourth-order valence-electron chi connectivity index (χ4n) is 1.06. The van der Waals surface area contributed by atoms with Crippen LogP contribution in [-0.2, 0) is 14.9 Å². The van der Waals surface area contributed by atoms with Crippen molar-refractivity contribution in [3.8, 4) is 0 Å². The monoisotopic (exact) mass is 319 g/mol. The molecule has 0 saturated carbocycles. The predicted octanol–water partition coefficient (Wildman–Crippen LogP) is 0.866. The van der Waals surface area contributed by atoms with Crippen molar-refractivity contribution < 1.29 is 27.9 Å². The Bertz CT molecular complexity index is 554. The summed E-state index contributed by atoms with van der Waals surface area (Å²) in [5, 5.41) is 19.8. The van der Waals surface area contributed by atoms with E-state index in [4.69, 9.17) is 20.3 Å². The molecule has 0 bridgehead atoms. The predicted molar refractivity (Wildman–Crippen MR) is 74.1 cm³/mol. The number of hydrogen-bond acceptors (Lipinski definition) is 6. The lowest BCUT2D eigenvalue weighted by molar-refractivity contribution is 0.0245. The third kappa shape index (κ3) is 9.79. The van der Waals surface area contributed by atoms with Crippen molar-refractivity contribution in [3.05, 3.63) is 40.3 Å². The molecule has 1 rings (SSSR count). The van der Waals surface area contributed by atoms with Crippen molar-refractivity contribution in [1.29, 1.82) is 0 Å². The van der Waals surface area contributed by atoms with Gasteiger partial charge in [-0.15, -0.1) is 0 Å². The molecule has 0 spiro atoms. The molecule has 10 heteroatoms. The number of rotatable bonds is 6. The smallest absolute Gasteiger partial charge is 0.294 e. The Morgan fingerprint density at radius 2 is 1.95 bits per heavy atom. The maximum Gasteiger partial charge on any atom is 0.294 e. The van der Waals surface area contributed by atoms with Gasteiger partial charge in [0.05, 0.1) is 24.7 Å². The highest BCUT2D eigenvalue weighted by molar-refractivity contribution is 7.85. The van der Waals surface area contributed by atoms with Gasteiger partial charge in [0.2, 0.25) is 0 Å². The number of nitrogens with zero attached hydrogens (tertiary/aromatic N) is 3. The van der Waals surface area contributed by atoms with Gasteiger partial charge in [-0.2, -0.15) is 8.42 Å². The van der Waals surface area contributed by atoms with Gasteiger partial charge in [0.25, 0.3) is 10.1 Å². The molecule has 21 heavy (non-hydrogen) atoms. The Hall–Kier alpha value is -1.68. The highest BCUT2D eigenvalue weighted by Crippen LogP contribution is 2.08. The fraction of sp³-hybridized carbons (Fsp3) is 0.455. The highest BCUT2D eigenvalue weighted by atomic mass is 32.2. The van der Waals surface area contributed by atoms with Crippen molar-refractivity contribution in [3.63, 3.8) is 0 Å². The summed E-state index contributed by atoms with van der Waals surface area (Å²) in [4.78, 5) is 2.28. The summed E-state index contributed by atoms with van der Waals surface area (Å²) in [6.07, 6.45) is -1.16. The Morgan fingerprint density at radius 3 is 2.38 bits per heavy atom. The van der Waals surface area contributed by atoms with Crippen LogP contribution in [0.3, 0.4) is 0 Å². The maximum atomic E-state index is 10.5. The minimum Gasteiger partial charge on any atom is -0.394 e. The van der Waals surface area contributed by atoms with E-state index in [0.717, 1.165) is 5.56 Å². The summed E-state index contributed by atoms with van der Waals surface area (Å²) in [5.41, 5.74) is 8.74. The van der Waals surface area contributed by atoms with Gasteiger partial charge in [-0.3, -0.25) is 4.55 Å². The second-order valence-corrected chi connectivity index (χ2v) is 5.19. The first-order valence-corrected chi connectivity index (χ1v) is 7.20. The molecule has 1 atom stereocenters.